The average Bonchev–Trinajstić information content (AvgIpc) is 3.03. The smallest absolute Gasteiger partial charge is 0.262 e. The van der Waals surface area contributed by atoms with Crippen molar-refractivity contribution in [2.75, 3.05) is 0 Å². The van der Waals surface area contributed by atoms with Gasteiger partial charge in [-0.1, -0.05) is 18.2 Å². The van der Waals surface area contributed by atoms with Gasteiger partial charge in [0.1, 0.15) is 0 Å². The van der Waals surface area contributed by atoms with Crippen LogP contribution in [0.3, 0.4) is 0 Å². The largest absolute Gasteiger partial charge is 0.273 e. The molecule has 0 atom stereocenters. The number of hydrazine groups is 1. The van der Waals surface area contributed by atoms with Crippen LogP contribution < -0.4 is 10.9 Å². The third-order valence-corrected chi connectivity index (χ3v) is 7.78. The van der Waals surface area contributed by atoms with Gasteiger partial charge in [-0.15, -0.1) is 0 Å². The molecule has 168 valence electrons. The van der Waals surface area contributed by atoms with Crippen LogP contribution in [-0.4, -0.2) is 21.6 Å². The van der Waals surface area contributed by atoms with Crippen molar-refractivity contribution < 1.29 is 9.59 Å². The van der Waals surface area contributed by atoms with Gasteiger partial charge in [-0.05, 0) is 93.7 Å². The van der Waals surface area contributed by atoms with Crippen LogP contribution in [0.2, 0.25) is 0 Å². The highest BCUT2D eigenvalue weighted by Gasteiger charge is 2.51. The Morgan fingerprint density at radius 1 is 1.03 bits per heavy atom. The summed E-state index contributed by atoms with van der Waals surface area (Å²) in [5, 5.41) is 4.60. The normalized spacial score (nSPS) is 28.2. The molecule has 4 fully saturated rings. The molecule has 2 amide bonds. The minimum atomic E-state index is -0.338. The van der Waals surface area contributed by atoms with E-state index in [-0.39, 0.29) is 17.2 Å². The van der Waals surface area contributed by atoms with Crippen molar-refractivity contribution in [3.8, 4) is 5.69 Å². The van der Waals surface area contributed by atoms with Gasteiger partial charge in [0.25, 0.3) is 5.91 Å². The number of hydrogen-bond donors (Lipinski definition) is 2. The molecule has 6 rings (SSSR count). The number of carbonyl (C=O) groups excluding carboxylic acids is 2. The molecule has 0 aliphatic heterocycles. The molecular weight excluding hydrogens is 400 g/mol. The van der Waals surface area contributed by atoms with E-state index in [1.165, 1.54) is 44.6 Å². The second-order valence-corrected chi connectivity index (χ2v) is 10.3. The molecule has 0 radical (unpaired) electrons. The Morgan fingerprint density at radius 3 is 2.28 bits per heavy atom. The Morgan fingerprint density at radius 2 is 1.66 bits per heavy atom. The van der Waals surface area contributed by atoms with Crippen molar-refractivity contribution in [1.29, 1.82) is 0 Å². The van der Waals surface area contributed by atoms with Crippen LogP contribution in [0.1, 0.15) is 61.9 Å². The number of hydrogen-bond acceptors (Lipinski definition) is 3. The third kappa shape index (κ3) is 4.10. The van der Waals surface area contributed by atoms with Crippen LogP contribution in [0.25, 0.3) is 11.8 Å². The van der Waals surface area contributed by atoms with Crippen molar-refractivity contribution in [2.24, 2.45) is 23.2 Å². The van der Waals surface area contributed by atoms with E-state index in [2.05, 4.69) is 16.0 Å². The summed E-state index contributed by atoms with van der Waals surface area (Å²) in [6, 6.07) is 9.91. The van der Waals surface area contributed by atoms with Crippen molar-refractivity contribution in [1.82, 2.24) is 20.6 Å². The minimum Gasteiger partial charge on any atom is -0.273 e. The van der Waals surface area contributed by atoms with Crippen LogP contribution in [0.4, 0.5) is 0 Å². The first-order chi connectivity index (χ1) is 15.4. The molecule has 0 spiro atoms. The lowest BCUT2D eigenvalue weighted by atomic mass is 9.49. The molecule has 0 saturated heterocycles. The zero-order valence-corrected chi connectivity index (χ0v) is 18.9. The highest BCUT2D eigenvalue weighted by atomic mass is 16.2. The van der Waals surface area contributed by atoms with Crippen LogP contribution in [0.5, 0.6) is 0 Å². The topological polar surface area (TPSA) is 76.0 Å². The molecule has 4 bridgehead atoms. The highest BCUT2D eigenvalue weighted by molar-refractivity contribution is 5.93. The molecule has 1 aromatic heterocycles. The number of amides is 2. The quantitative estimate of drug-likeness (QED) is 0.548. The molecule has 4 saturated carbocycles. The van der Waals surface area contributed by atoms with E-state index >= 15 is 0 Å². The number of nitrogens with zero attached hydrogens (tertiary/aromatic N) is 2. The molecule has 2 aromatic rings. The lowest BCUT2D eigenvalue weighted by Gasteiger charge is -2.56. The fourth-order valence-corrected chi connectivity index (χ4v) is 6.94. The van der Waals surface area contributed by atoms with Gasteiger partial charge in [-0.25, -0.2) is 4.68 Å². The number of rotatable bonds is 5. The van der Waals surface area contributed by atoms with Crippen molar-refractivity contribution >= 4 is 17.9 Å². The minimum absolute atomic E-state index is 0.0713. The zero-order chi connectivity index (χ0) is 22.3. The van der Waals surface area contributed by atoms with Gasteiger partial charge >= 0.3 is 0 Å². The van der Waals surface area contributed by atoms with E-state index < -0.39 is 0 Å². The lowest BCUT2D eigenvalue weighted by molar-refractivity contribution is -0.133. The van der Waals surface area contributed by atoms with Crippen molar-refractivity contribution in [3.63, 3.8) is 0 Å². The Balaban J connectivity index is 1.17. The van der Waals surface area contributed by atoms with Crippen molar-refractivity contribution in [2.45, 2.75) is 58.8 Å². The maximum atomic E-state index is 12.6. The van der Waals surface area contributed by atoms with Gasteiger partial charge in [-0.2, -0.15) is 5.10 Å². The molecule has 1 heterocycles. The number of aromatic nitrogens is 2. The Hall–Kier alpha value is -2.89. The van der Waals surface area contributed by atoms with Gasteiger partial charge in [0, 0.05) is 23.8 Å². The average molecular weight is 433 g/mol. The van der Waals surface area contributed by atoms with E-state index in [0.717, 1.165) is 40.4 Å². The number of benzene rings is 1. The fourth-order valence-electron chi connectivity index (χ4n) is 6.94. The van der Waals surface area contributed by atoms with Gasteiger partial charge in [-0.3, -0.25) is 20.4 Å². The lowest BCUT2D eigenvalue weighted by Crippen LogP contribution is -2.49. The van der Waals surface area contributed by atoms with Crippen LogP contribution in [0.15, 0.2) is 36.4 Å². The summed E-state index contributed by atoms with van der Waals surface area (Å²) in [7, 11) is 0. The van der Waals surface area contributed by atoms with Gasteiger partial charge in [0.15, 0.2) is 0 Å². The number of nitrogens with one attached hydrogen (secondary N) is 2. The summed E-state index contributed by atoms with van der Waals surface area (Å²) >= 11 is 0. The molecule has 6 heteroatoms. The highest BCUT2D eigenvalue weighted by Crippen LogP contribution is 2.61. The summed E-state index contributed by atoms with van der Waals surface area (Å²) in [6.45, 7) is 3.91. The Bertz CT molecular complexity index is 1020. The Kier molecular flexibility index (Phi) is 5.39. The molecule has 6 nitrogen and oxygen atoms in total. The third-order valence-electron chi connectivity index (χ3n) is 7.78. The molecule has 2 N–H and O–H groups in total. The fraction of sp³-hybridized carbons (Fsp3) is 0.500. The monoisotopic (exact) mass is 432 g/mol. The first kappa shape index (κ1) is 21.0. The van der Waals surface area contributed by atoms with E-state index in [4.69, 9.17) is 0 Å². The Labute approximate surface area is 189 Å². The predicted molar refractivity (Wildman–Crippen MR) is 124 cm³/mol. The molecule has 1 aromatic carbocycles. The van der Waals surface area contributed by atoms with Gasteiger partial charge in [0.05, 0.1) is 11.4 Å². The first-order valence-corrected chi connectivity index (χ1v) is 11.8. The molecular formula is C26H32N4O2. The van der Waals surface area contributed by atoms with Crippen LogP contribution >= 0.6 is 0 Å². The first-order valence-electron chi connectivity index (χ1n) is 11.8. The summed E-state index contributed by atoms with van der Waals surface area (Å²) in [6.07, 6.45) is 11.4. The second kappa shape index (κ2) is 8.23. The molecule has 4 aliphatic rings. The predicted octanol–water partition coefficient (Wildman–Crippen LogP) is 4.26. The van der Waals surface area contributed by atoms with Crippen molar-refractivity contribution in [3.05, 3.63) is 53.4 Å². The van der Waals surface area contributed by atoms with E-state index in [1.807, 2.05) is 48.9 Å². The standard InChI is InChI=1S/C26H32N4O2/c1-17-23(18(2)30(29-17)22-6-4-3-5-7-22)8-9-24(31)27-28-25(32)16-26-13-19-10-20(14-26)12-21(11-19)15-26/h3-9,19-21H,10-16H2,1-2H3,(H,27,31)(H,28,32)/b9-8+. The van der Waals surface area contributed by atoms with E-state index in [9.17, 15) is 9.59 Å². The summed E-state index contributed by atoms with van der Waals surface area (Å²) in [5.41, 5.74) is 9.07. The number of para-hydroxylation sites is 1. The molecule has 0 unspecified atom stereocenters. The molecule has 32 heavy (non-hydrogen) atoms. The maximum absolute atomic E-state index is 12.6. The van der Waals surface area contributed by atoms with Crippen LogP contribution in [0, 0.1) is 37.0 Å². The summed E-state index contributed by atoms with van der Waals surface area (Å²) < 4.78 is 1.88. The second-order valence-electron chi connectivity index (χ2n) is 10.3. The van der Waals surface area contributed by atoms with Gasteiger partial charge < -0.3 is 0 Å². The molecule has 4 aliphatic carbocycles. The number of carbonyl (C=O) groups is 2. The zero-order valence-electron chi connectivity index (χ0n) is 18.9. The maximum Gasteiger partial charge on any atom is 0.262 e. The van der Waals surface area contributed by atoms with Crippen LogP contribution in [-0.2, 0) is 9.59 Å². The van der Waals surface area contributed by atoms with E-state index in [1.54, 1.807) is 6.08 Å². The van der Waals surface area contributed by atoms with E-state index in [0.29, 0.717) is 6.42 Å². The van der Waals surface area contributed by atoms with Gasteiger partial charge in [0.2, 0.25) is 5.91 Å². The number of aryl methyl sites for hydroxylation is 1. The summed E-state index contributed by atoms with van der Waals surface area (Å²) in [4.78, 5) is 25.0. The SMILES string of the molecule is Cc1nn(-c2ccccc2)c(C)c1/C=C/C(=O)NNC(=O)CC12CC3CC(CC(C3)C1)C2. The summed E-state index contributed by atoms with van der Waals surface area (Å²) in [5.74, 6) is 2.03.